The van der Waals surface area contributed by atoms with Gasteiger partial charge in [0.15, 0.2) is 0 Å². The zero-order chi connectivity index (χ0) is 17.8. The molecule has 0 saturated heterocycles. The van der Waals surface area contributed by atoms with E-state index < -0.39 is 0 Å². The van der Waals surface area contributed by atoms with Crippen molar-refractivity contribution >= 4 is 0 Å². The second-order valence-electron chi connectivity index (χ2n) is 2.94. The second-order valence-corrected chi connectivity index (χ2v) is 2.94. The van der Waals surface area contributed by atoms with Crippen LogP contribution in [0.5, 0.6) is 0 Å². The molecule has 0 N–H and O–H groups in total. The molecule has 0 atom stereocenters. The van der Waals surface area contributed by atoms with Crippen LogP contribution in [0.25, 0.3) is 0 Å². The van der Waals surface area contributed by atoms with Crippen molar-refractivity contribution in [2.24, 2.45) is 5.92 Å². The second kappa shape index (κ2) is 81.5. The Bertz CT molecular complexity index is 143. The highest BCUT2D eigenvalue weighted by Crippen LogP contribution is 1.91. The molecule has 0 radical (unpaired) electrons. The summed E-state index contributed by atoms with van der Waals surface area (Å²) in [6.07, 6.45) is 11.6. The molecule has 20 heavy (non-hydrogen) atoms. The first kappa shape index (κ1) is 36.4. The predicted octanol–water partition coefficient (Wildman–Crippen LogP) is 8.24. The molecule has 0 aliphatic carbocycles. The molecule has 0 spiro atoms. The van der Waals surface area contributed by atoms with Crippen LogP contribution in [0.15, 0.2) is 49.6 Å². The molecule has 0 aromatic heterocycles. The zero-order valence-corrected chi connectivity index (χ0v) is 16.5. The minimum absolute atomic E-state index is 0.651. The maximum Gasteiger partial charge on any atom is -0.0287 e. The summed E-state index contributed by atoms with van der Waals surface area (Å²) >= 11 is 0. The van der Waals surface area contributed by atoms with E-state index in [1.54, 1.807) is 12.2 Å². The molecule has 0 saturated carbocycles. The summed E-state index contributed by atoms with van der Waals surface area (Å²) < 4.78 is 0. The molecule has 0 aliphatic rings. The summed E-state index contributed by atoms with van der Waals surface area (Å²) in [6.45, 7) is 29.1. The van der Waals surface area contributed by atoms with E-state index >= 15 is 0 Å². The number of hydrogen-bond donors (Lipinski definition) is 0. The van der Waals surface area contributed by atoms with Gasteiger partial charge in [0, 0.05) is 0 Å². The van der Waals surface area contributed by atoms with E-state index in [2.05, 4.69) is 33.1 Å². The van der Waals surface area contributed by atoms with E-state index in [1.807, 2.05) is 80.5 Å². The van der Waals surface area contributed by atoms with Crippen molar-refractivity contribution in [2.75, 3.05) is 0 Å². The van der Waals surface area contributed by atoms with E-state index in [1.165, 1.54) is 0 Å². The van der Waals surface area contributed by atoms with Gasteiger partial charge in [-0.2, -0.15) is 0 Å². The highest BCUT2D eigenvalue weighted by atomic mass is 13.8. The fourth-order valence-electron chi connectivity index (χ4n) is 0.301. The highest BCUT2D eigenvalue weighted by Gasteiger charge is 1.77. The number of rotatable bonds is 2. The van der Waals surface area contributed by atoms with Gasteiger partial charge in [0.1, 0.15) is 0 Å². The molecule has 0 amide bonds. The molecule has 0 bridgehead atoms. The molecule has 0 heterocycles. The molecule has 0 nitrogen and oxygen atoms in total. The Hall–Kier alpha value is -1.04. The summed E-state index contributed by atoms with van der Waals surface area (Å²) in [5, 5.41) is 0. The Morgan fingerprint density at radius 1 is 0.700 bits per heavy atom. The van der Waals surface area contributed by atoms with Crippen molar-refractivity contribution in [2.45, 2.75) is 76.2 Å². The van der Waals surface area contributed by atoms with E-state index in [4.69, 9.17) is 0 Å². The predicted molar refractivity (Wildman–Crippen MR) is 105 cm³/mol. The molecule has 0 aromatic carbocycles. The van der Waals surface area contributed by atoms with Crippen molar-refractivity contribution in [3.05, 3.63) is 49.6 Å². The maximum atomic E-state index is 3.55. The Morgan fingerprint density at radius 2 is 0.950 bits per heavy atom. The molecule has 0 aliphatic heterocycles. The van der Waals surface area contributed by atoms with Crippen molar-refractivity contribution in [3.63, 3.8) is 0 Å². The quantitative estimate of drug-likeness (QED) is 0.354. The third kappa shape index (κ3) is 275. The number of allylic oxidation sites excluding steroid dienone is 6. The molecule has 0 unspecified atom stereocenters. The van der Waals surface area contributed by atoms with Crippen LogP contribution in [0.2, 0.25) is 0 Å². The molecular weight excluding hydrogens is 240 g/mol. The maximum absolute atomic E-state index is 3.55. The molecule has 0 rings (SSSR count). The van der Waals surface area contributed by atoms with Gasteiger partial charge < -0.3 is 0 Å². The molecule has 124 valence electrons. The monoisotopic (exact) mass is 284 g/mol. The van der Waals surface area contributed by atoms with Crippen molar-refractivity contribution in [3.8, 4) is 0 Å². The first-order chi connectivity index (χ1) is 9.60. The van der Waals surface area contributed by atoms with E-state index in [0.717, 1.165) is 0 Å². The van der Waals surface area contributed by atoms with Gasteiger partial charge in [-0.15, -0.1) is 6.58 Å². The topological polar surface area (TPSA) is 0 Å². The van der Waals surface area contributed by atoms with Crippen LogP contribution >= 0.6 is 0 Å². The summed E-state index contributed by atoms with van der Waals surface area (Å²) in [6, 6.07) is 0. The normalized spacial score (nSPS) is 7.20. The zero-order valence-electron chi connectivity index (χ0n) is 16.5. The fraction of sp³-hybridized carbons (Fsp3) is 0.600. The summed E-state index contributed by atoms with van der Waals surface area (Å²) in [7, 11) is 0. The average molecular weight is 285 g/mol. The van der Waals surface area contributed by atoms with Gasteiger partial charge in [0.2, 0.25) is 0 Å². The molecular formula is C20H44. The Balaban J connectivity index is -0.0000000327. The van der Waals surface area contributed by atoms with Crippen LogP contribution in [0.4, 0.5) is 0 Å². The Kier molecular flexibility index (Phi) is 148. The molecule has 0 fully saturated rings. The van der Waals surface area contributed by atoms with E-state index in [0.29, 0.717) is 5.92 Å². The average Bonchev–Trinajstić information content (AvgIpc) is 2.52. The lowest BCUT2D eigenvalue weighted by atomic mass is 10.2. The largest absolute Gasteiger partial charge is 0.103 e. The third-order valence-corrected chi connectivity index (χ3v) is 0.965. The van der Waals surface area contributed by atoms with Crippen molar-refractivity contribution in [1.29, 1.82) is 0 Å². The summed E-state index contributed by atoms with van der Waals surface area (Å²) in [4.78, 5) is 0. The van der Waals surface area contributed by atoms with Gasteiger partial charge in [0.25, 0.3) is 0 Å². The minimum Gasteiger partial charge on any atom is -0.103 e. The SMILES string of the molecule is C/C=C\C.C=C/C=C/C(C)C.C=CC.CC.CC.CC. The van der Waals surface area contributed by atoms with Crippen LogP contribution in [0.3, 0.4) is 0 Å². The van der Waals surface area contributed by atoms with Crippen molar-refractivity contribution in [1.82, 2.24) is 0 Å². The van der Waals surface area contributed by atoms with E-state index in [9.17, 15) is 0 Å². The van der Waals surface area contributed by atoms with E-state index in [-0.39, 0.29) is 0 Å². The Morgan fingerprint density at radius 3 is 1.00 bits per heavy atom. The summed E-state index contributed by atoms with van der Waals surface area (Å²) in [5.74, 6) is 0.651. The number of hydrogen-bond acceptors (Lipinski definition) is 0. The van der Waals surface area contributed by atoms with Gasteiger partial charge in [0.05, 0.1) is 0 Å². The molecule has 0 aromatic rings. The lowest BCUT2D eigenvalue weighted by Crippen LogP contribution is -1.73. The van der Waals surface area contributed by atoms with Gasteiger partial charge >= 0.3 is 0 Å². The third-order valence-electron chi connectivity index (χ3n) is 0.965. The lowest BCUT2D eigenvalue weighted by molar-refractivity contribution is 0.832. The van der Waals surface area contributed by atoms with Crippen LogP contribution in [0, 0.1) is 5.92 Å². The van der Waals surface area contributed by atoms with Crippen LogP contribution < -0.4 is 0 Å². The lowest BCUT2D eigenvalue weighted by Gasteiger charge is -1.87. The first-order valence-corrected chi connectivity index (χ1v) is 8.04. The fourth-order valence-corrected chi connectivity index (χ4v) is 0.301. The van der Waals surface area contributed by atoms with Crippen molar-refractivity contribution < 1.29 is 0 Å². The first-order valence-electron chi connectivity index (χ1n) is 8.04. The smallest absolute Gasteiger partial charge is 0.0287 e. The highest BCUT2D eigenvalue weighted by molar-refractivity contribution is 4.98. The van der Waals surface area contributed by atoms with Gasteiger partial charge in [-0.05, 0) is 26.7 Å². The van der Waals surface area contributed by atoms with Crippen LogP contribution in [0.1, 0.15) is 76.2 Å². The van der Waals surface area contributed by atoms with Crippen LogP contribution in [-0.4, -0.2) is 0 Å². The van der Waals surface area contributed by atoms with Gasteiger partial charge in [-0.1, -0.05) is 98.4 Å². The Labute approximate surface area is 132 Å². The minimum atomic E-state index is 0.651. The van der Waals surface area contributed by atoms with Crippen LogP contribution in [-0.2, 0) is 0 Å². The van der Waals surface area contributed by atoms with Gasteiger partial charge in [-0.25, -0.2) is 0 Å². The summed E-state index contributed by atoms with van der Waals surface area (Å²) in [5.41, 5.74) is 0. The molecule has 0 heteroatoms. The van der Waals surface area contributed by atoms with Gasteiger partial charge in [-0.3, -0.25) is 0 Å². The standard InChI is InChI=1S/C7H12.C4H8.C3H6.3C2H6/c1-4-5-6-7(2)3;1-3-4-2;1-3-2;3*1-2/h4-7H,1H2,2-3H3;3-4H,1-2H3;3H,1H2,2H3;3*1-2H3/b6-5+;4-3-;;;;.